The van der Waals surface area contributed by atoms with Crippen molar-refractivity contribution < 1.29 is 28.2 Å². The van der Waals surface area contributed by atoms with E-state index in [1.54, 1.807) is 0 Å². The normalized spacial score (nSPS) is 23.5. The highest BCUT2D eigenvalue weighted by atomic mass is 28.4. The third kappa shape index (κ3) is 4.78. The molecule has 1 N–H and O–H groups in total. The number of hydrogen-bond acceptors (Lipinski definition) is 6. The number of rotatable bonds is 8. The molecule has 0 amide bonds. The first-order chi connectivity index (χ1) is 15.5. The lowest BCUT2D eigenvalue weighted by Gasteiger charge is -2.36. The summed E-state index contributed by atoms with van der Waals surface area (Å²) in [7, 11) is -0.793. The minimum absolute atomic E-state index is 0.0118. The second-order valence-corrected chi connectivity index (χ2v) is 14.9. The Morgan fingerprint density at radius 1 is 1.27 bits per heavy atom. The number of ether oxygens (including phenoxy) is 3. The largest absolute Gasteiger partial charge is 0.468 e. The lowest BCUT2D eigenvalue weighted by Crippen LogP contribution is -2.45. The average Bonchev–Trinajstić information content (AvgIpc) is 3.36. The Balaban J connectivity index is 2.00. The van der Waals surface area contributed by atoms with Crippen molar-refractivity contribution in [3.05, 3.63) is 48.7 Å². The van der Waals surface area contributed by atoms with Crippen LogP contribution < -0.4 is 0 Å². The van der Waals surface area contributed by atoms with Crippen LogP contribution in [0.4, 0.5) is 0 Å². The molecule has 0 bridgehead atoms. The van der Waals surface area contributed by atoms with Crippen LogP contribution in [0, 0.1) is 5.41 Å². The molecule has 7 nitrogen and oxygen atoms in total. The molecule has 33 heavy (non-hydrogen) atoms. The molecule has 0 saturated carbocycles. The first kappa shape index (κ1) is 25.2. The molecule has 2 heterocycles. The Morgan fingerprint density at radius 2 is 1.97 bits per heavy atom. The molecule has 0 radical (unpaired) electrons. The van der Waals surface area contributed by atoms with Crippen LogP contribution in [0.1, 0.15) is 39.0 Å². The Labute approximate surface area is 196 Å². The van der Waals surface area contributed by atoms with Crippen molar-refractivity contribution in [3.8, 4) is 0 Å². The standard InChI is InChI=1S/C25H35NO6Si/c1-8-13-30-23(28)25(22(27)29-5)15-18(16-31-33(6,7)24(2,3)4)32-21(25)20-14-17-11-9-10-12-19(17)26-20/h8-12,14,18,21,26H,1,13,15-16H2,2-7H3/t18-,21-,25?/m1/s1. The lowest BCUT2D eigenvalue weighted by atomic mass is 9.78. The molecule has 2 aromatic rings. The van der Waals surface area contributed by atoms with E-state index in [2.05, 4.69) is 45.4 Å². The number of aromatic nitrogens is 1. The highest BCUT2D eigenvalue weighted by Gasteiger charge is 2.62. The zero-order valence-electron chi connectivity index (χ0n) is 20.4. The topological polar surface area (TPSA) is 86.9 Å². The maximum Gasteiger partial charge on any atom is 0.327 e. The van der Waals surface area contributed by atoms with Crippen molar-refractivity contribution in [1.82, 2.24) is 4.98 Å². The number of hydrogen-bond donors (Lipinski definition) is 1. The van der Waals surface area contributed by atoms with Crippen molar-refractivity contribution >= 4 is 31.2 Å². The second kappa shape index (κ2) is 9.44. The minimum atomic E-state index is -2.06. The fraction of sp³-hybridized carbons (Fsp3) is 0.520. The summed E-state index contributed by atoms with van der Waals surface area (Å²) in [5.74, 6) is -1.37. The predicted octanol–water partition coefficient (Wildman–Crippen LogP) is 4.91. The lowest BCUT2D eigenvalue weighted by molar-refractivity contribution is -0.175. The Kier molecular flexibility index (Phi) is 7.21. The van der Waals surface area contributed by atoms with Crippen LogP contribution in [0.5, 0.6) is 0 Å². The van der Waals surface area contributed by atoms with Gasteiger partial charge in [0.1, 0.15) is 12.7 Å². The first-order valence-corrected chi connectivity index (χ1v) is 14.1. The summed E-state index contributed by atoms with van der Waals surface area (Å²) in [6.45, 7) is 14.7. The molecular weight excluding hydrogens is 438 g/mol. The maximum atomic E-state index is 13.3. The molecule has 1 aliphatic rings. The van der Waals surface area contributed by atoms with Gasteiger partial charge in [-0.3, -0.25) is 9.59 Å². The molecule has 3 rings (SSSR count). The molecule has 8 heteroatoms. The van der Waals surface area contributed by atoms with E-state index in [4.69, 9.17) is 18.6 Å². The molecule has 180 valence electrons. The fourth-order valence-electron chi connectivity index (χ4n) is 3.92. The van der Waals surface area contributed by atoms with Gasteiger partial charge in [-0.05, 0) is 35.7 Å². The summed E-state index contributed by atoms with van der Waals surface area (Å²) in [5, 5.41) is 0.972. The Hall–Kier alpha value is -2.42. The number of carbonyl (C=O) groups excluding carboxylic acids is 2. The number of benzene rings is 1. The predicted molar refractivity (Wildman–Crippen MR) is 129 cm³/mol. The third-order valence-corrected chi connectivity index (χ3v) is 11.3. The van der Waals surface area contributed by atoms with E-state index in [-0.39, 0.29) is 24.7 Å². The second-order valence-electron chi connectivity index (χ2n) is 10.1. The fourth-order valence-corrected chi connectivity index (χ4v) is 4.96. The zero-order valence-corrected chi connectivity index (χ0v) is 21.4. The van der Waals surface area contributed by atoms with Crippen molar-refractivity contribution in [2.75, 3.05) is 20.3 Å². The van der Waals surface area contributed by atoms with Crippen LogP contribution in [0.25, 0.3) is 10.9 Å². The zero-order chi connectivity index (χ0) is 24.4. The van der Waals surface area contributed by atoms with E-state index in [0.29, 0.717) is 5.69 Å². The van der Waals surface area contributed by atoms with Crippen LogP contribution in [0.15, 0.2) is 43.0 Å². The minimum Gasteiger partial charge on any atom is -0.468 e. The first-order valence-electron chi connectivity index (χ1n) is 11.2. The van der Waals surface area contributed by atoms with Gasteiger partial charge < -0.3 is 23.6 Å². The molecule has 1 fully saturated rings. The van der Waals surface area contributed by atoms with E-state index >= 15 is 0 Å². The van der Waals surface area contributed by atoms with Gasteiger partial charge in [0.05, 0.1) is 19.8 Å². The Bertz CT molecular complexity index is 990. The van der Waals surface area contributed by atoms with Gasteiger partial charge in [0.2, 0.25) is 0 Å². The monoisotopic (exact) mass is 473 g/mol. The Morgan fingerprint density at radius 3 is 2.58 bits per heavy atom. The number of para-hydroxylation sites is 1. The van der Waals surface area contributed by atoms with Gasteiger partial charge in [0, 0.05) is 17.6 Å². The van der Waals surface area contributed by atoms with E-state index in [1.807, 2.05) is 30.3 Å². The van der Waals surface area contributed by atoms with E-state index in [0.717, 1.165) is 10.9 Å². The summed E-state index contributed by atoms with van der Waals surface area (Å²) < 4.78 is 23.2. The summed E-state index contributed by atoms with van der Waals surface area (Å²) in [5.41, 5.74) is -0.151. The molecule has 1 saturated heterocycles. The van der Waals surface area contributed by atoms with E-state index in [1.165, 1.54) is 13.2 Å². The number of esters is 2. The molecule has 1 aromatic carbocycles. The van der Waals surface area contributed by atoms with Gasteiger partial charge in [-0.1, -0.05) is 51.6 Å². The van der Waals surface area contributed by atoms with E-state index in [9.17, 15) is 9.59 Å². The highest BCUT2D eigenvalue weighted by Crippen LogP contribution is 2.51. The highest BCUT2D eigenvalue weighted by molar-refractivity contribution is 6.74. The average molecular weight is 474 g/mol. The number of carbonyl (C=O) groups is 2. The van der Waals surface area contributed by atoms with Gasteiger partial charge in [0.15, 0.2) is 13.7 Å². The van der Waals surface area contributed by atoms with Crippen LogP contribution >= 0.6 is 0 Å². The summed E-state index contributed by atoms with van der Waals surface area (Å²) >= 11 is 0. The van der Waals surface area contributed by atoms with Crippen LogP contribution in [-0.2, 0) is 28.2 Å². The number of nitrogens with one attached hydrogen (secondary N) is 1. The van der Waals surface area contributed by atoms with Gasteiger partial charge in [-0.25, -0.2) is 0 Å². The number of aromatic amines is 1. The molecule has 0 spiro atoms. The molecule has 3 atom stereocenters. The molecule has 0 aliphatic carbocycles. The number of fused-ring (bicyclic) bond motifs is 1. The van der Waals surface area contributed by atoms with Crippen molar-refractivity contribution in [3.63, 3.8) is 0 Å². The molecular formula is C25H35NO6Si. The van der Waals surface area contributed by atoms with Gasteiger partial charge in [-0.2, -0.15) is 0 Å². The van der Waals surface area contributed by atoms with Gasteiger partial charge in [-0.15, -0.1) is 0 Å². The van der Waals surface area contributed by atoms with Crippen molar-refractivity contribution in [2.45, 2.75) is 57.5 Å². The van der Waals surface area contributed by atoms with Crippen LogP contribution in [-0.4, -0.2) is 51.7 Å². The maximum absolute atomic E-state index is 13.3. The SMILES string of the molecule is C=CCOC(=O)C1(C(=O)OC)C[C@H](CO[Si](C)(C)C(C)(C)C)O[C@@H]1c1cc2ccccc2[nH]1. The van der Waals surface area contributed by atoms with Gasteiger partial charge >= 0.3 is 11.9 Å². The van der Waals surface area contributed by atoms with Crippen LogP contribution in [0.2, 0.25) is 18.1 Å². The molecule has 1 aromatic heterocycles. The number of H-pyrrole nitrogens is 1. The smallest absolute Gasteiger partial charge is 0.327 e. The quantitative estimate of drug-likeness (QED) is 0.254. The summed E-state index contributed by atoms with van der Waals surface area (Å²) in [4.78, 5) is 29.8. The third-order valence-electron chi connectivity index (χ3n) is 6.84. The molecule has 1 aliphatic heterocycles. The van der Waals surface area contributed by atoms with Crippen molar-refractivity contribution in [2.24, 2.45) is 5.41 Å². The number of methoxy groups -OCH3 is 1. The summed E-state index contributed by atoms with van der Waals surface area (Å²) in [6.07, 6.45) is 0.188. The van der Waals surface area contributed by atoms with E-state index < -0.39 is 37.9 Å². The molecule has 1 unspecified atom stereocenters. The summed E-state index contributed by atoms with van der Waals surface area (Å²) in [6, 6.07) is 9.63. The van der Waals surface area contributed by atoms with Crippen molar-refractivity contribution in [1.29, 1.82) is 0 Å². The van der Waals surface area contributed by atoms with Crippen LogP contribution in [0.3, 0.4) is 0 Å². The van der Waals surface area contributed by atoms with Gasteiger partial charge in [0.25, 0.3) is 0 Å².